The summed E-state index contributed by atoms with van der Waals surface area (Å²) in [5.41, 5.74) is 0. The SMILES string of the molecule is COCCNCCNC1CC(C)C1. The third-order valence-electron chi connectivity index (χ3n) is 2.59. The predicted molar refractivity (Wildman–Crippen MR) is 54.9 cm³/mol. The summed E-state index contributed by atoms with van der Waals surface area (Å²) < 4.78 is 4.93. The van der Waals surface area contributed by atoms with E-state index in [4.69, 9.17) is 4.74 Å². The van der Waals surface area contributed by atoms with Crippen molar-refractivity contribution >= 4 is 0 Å². The Morgan fingerprint density at radius 3 is 2.62 bits per heavy atom. The molecule has 13 heavy (non-hydrogen) atoms. The molecule has 0 aromatic carbocycles. The van der Waals surface area contributed by atoms with E-state index in [0.29, 0.717) is 0 Å². The number of hydrogen-bond donors (Lipinski definition) is 2. The van der Waals surface area contributed by atoms with Crippen LogP contribution in [0, 0.1) is 5.92 Å². The molecule has 0 aromatic heterocycles. The van der Waals surface area contributed by atoms with Gasteiger partial charge in [0.05, 0.1) is 6.61 Å². The van der Waals surface area contributed by atoms with Gasteiger partial charge in [-0.1, -0.05) is 6.92 Å². The molecule has 1 saturated carbocycles. The minimum Gasteiger partial charge on any atom is -0.383 e. The van der Waals surface area contributed by atoms with Crippen LogP contribution in [0.25, 0.3) is 0 Å². The summed E-state index contributed by atoms with van der Waals surface area (Å²) in [6.45, 7) is 6.21. The van der Waals surface area contributed by atoms with Crippen LogP contribution in [0.3, 0.4) is 0 Å². The number of nitrogens with one attached hydrogen (secondary N) is 2. The van der Waals surface area contributed by atoms with Crippen LogP contribution < -0.4 is 10.6 Å². The van der Waals surface area contributed by atoms with Crippen molar-refractivity contribution in [1.29, 1.82) is 0 Å². The van der Waals surface area contributed by atoms with E-state index in [1.807, 2.05) is 0 Å². The topological polar surface area (TPSA) is 33.3 Å². The molecule has 1 aliphatic rings. The van der Waals surface area contributed by atoms with Gasteiger partial charge in [0, 0.05) is 32.8 Å². The van der Waals surface area contributed by atoms with Gasteiger partial charge in [-0.05, 0) is 18.8 Å². The summed E-state index contributed by atoms with van der Waals surface area (Å²) in [7, 11) is 1.73. The maximum atomic E-state index is 4.93. The van der Waals surface area contributed by atoms with Crippen molar-refractivity contribution in [3.8, 4) is 0 Å². The van der Waals surface area contributed by atoms with Crippen LogP contribution in [-0.4, -0.2) is 39.4 Å². The molecular weight excluding hydrogens is 164 g/mol. The van der Waals surface area contributed by atoms with E-state index in [1.54, 1.807) is 7.11 Å². The van der Waals surface area contributed by atoms with Gasteiger partial charge in [-0.2, -0.15) is 0 Å². The smallest absolute Gasteiger partial charge is 0.0587 e. The van der Waals surface area contributed by atoms with Crippen LogP contribution in [-0.2, 0) is 4.74 Å². The zero-order valence-corrected chi connectivity index (χ0v) is 8.81. The molecule has 0 aromatic rings. The monoisotopic (exact) mass is 186 g/mol. The van der Waals surface area contributed by atoms with Crippen molar-refractivity contribution in [2.24, 2.45) is 5.92 Å². The number of methoxy groups -OCH3 is 1. The second-order valence-electron chi connectivity index (χ2n) is 3.97. The van der Waals surface area contributed by atoms with E-state index >= 15 is 0 Å². The Morgan fingerprint density at radius 1 is 1.23 bits per heavy atom. The van der Waals surface area contributed by atoms with E-state index in [2.05, 4.69) is 17.6 Å². The molecule has 0 bridgehead atoms. The first-order chi connectivity index (χ1) is 6.33. The molecule has 1 fully saturated rings. The minimum atomic E-state index is 0.791. The quantitative estimate of drug-likeness (QED) is 0.572. The second-order valence-corrected chi connectivity index (χ2v) is 3.97. The van der Waals surface area contributed by atoms with Crippen molar-refractivity contribution < 1.29 is 4.74 Å². The highest BCUT2D eigenvalue weighted by molar-refractivity contribution is 4.82. The summed E-state index contributed by atoms with van der Waals surface area (Å²) in [6.07, 6.45) is 2.72. The summed E-state index contributed by atoms with van der Waals surface area (Å²) >= 11 is 0. The molecule has 78 valence electrons. The number of rotatable bonds is 7. The summed E-state index contributed by atoms with van der Waals surface area (Å²) in [4.78, 5) is 0. The largest absolute Gasteiger partial charge is 0.383 e. The molecular formula is C10H22N2O. The van der Waals surface area contributed by atoms with Crippen LogP contribution >= 0.6 is 0 Å². The molecule has 2 N–H and O–H groups in total. The molecule has 1 aliphatic carbocycles. The first kappa shape index (κ1) is 11.0. The first-order valence-corrected chi connectivity index (χ1v) is 5.26. The Bertz CT molecular complexity index is 124. The highest BCUT2D eigenvalue weighted by atomic mass is 16.5. The van der Waals surface area contributed by atoms with Crippen LogP contribution in [0.2, 0.25) is 0 Å². The maximum absolute atomic E-state index is 4.93. The third kappa shape index (κ3) is 4.60. The minimum absolute atomic E-state index is 0.791. The van der Waals surface area contributed by atoms with E-state index in [0.717, 1.165) is 38.2 Å². The van der Waals surface area contributed by atoms with Gasteiger partial charge in [0.1, 0.15) is 0 Å². The zero-order chi connectivity index (χ0) is 9.52. The molecule has 1 rings (SSSR count). The zero-order valence-electron chi connectivity index (χ0n) is 8.81. The van der Waals surface area contributed by atoms with E-state index in [1.165, 1.54) is 12.8 Å². The third-order valence-corrected chi connectivity index (χ3v) is 2.59. The lowest BCUT2D eigenvalue weighted by atomic mass is 9.82. The van der Waals surface area contributed by atoms with Crippen molar-refractivity contribution in [2.75, 3.05) is 33.4 Å². The van der Waals surface area contributed by atoms with E-state index < -0.39 is 0 Å². The molecule has 0 amide bonds. The lowest BCUT2D eigenvalue weighted by molar-refractivity contribution is 0.198. The summed E-state index contributed by atoms with van der Waals surface area (Å²) in [5, 5.41) is 6.84. The standard InChI is InChI=1S/C10H22N2O/c1-9-7-10(8-9)12-4-3-11-5-6-13-2/h9-12H,3-8H2,1-2H3. The molecule has 0 spiro atoms. The second kappa shape index (κ2) is 6.35. The Labute approximate surface area is 81.2 Å². The average Bonchev–Trinajstić information content (AvgIpc) is 2.07. The highest BCUT2D eigenvalue weighted by Crippen LogP contribution is 2.25. The molecule has 3 heteroatoms. The van der Waals surface area contributed by atoms with E-state index in [-0.39, 0.29) is 0 Å². The van der Waals surface area contributed by atoms with Gasteiger partial charge in [0.25, 0.3) is 0 Å². The fourth-order valence-corrected chi connectivity index (χ4v) is 1.73. The molecule has 0 atom stereocenters. The molecule has 0 saturated heterocycles. The first-order valence-electron chi connectivity index (χ1n) is 5.26. The van der Waals surface area contributed by atoms with Crippen molar-refractivity contribution in [2.45, 2.75) is 25.8 Å². The Balaban J connectivity index is 1.74. The lowest BCUT2D eigenvalue weighted by Gasteiger charge is -2.33. The Kier molecular flexibility index (Phi) is 5.35. The average molecular weight is 186 g/mol. The van der Waals surface area contributed by atoms with Crippen LogP contribution in [0.4, 0.5) is 0 Å². The van der Waals surface area contributed by atoms with Crippen LogP contribution in [0.15, 0.2) is 0 Å². The van der Waals surface area contributed by atoms with Crippen LogP contribution in [0.5, 0.6) is 0 Å². The van der Waals surface area contributed by atoms with Gasteiger partial charge in [0.15, 0.2) is 0 Å². The van der Waals surface area contributed by atoms with Gasteiger partial charge < -0.3 is 15.4 Å². The van der Waals surface area contributed by atoms with Gasteiger partial charge in [-0.3, -0.25) is 0 Å². The van der Waals surface area contributed by atoms with Gasteiger partial charge in [-0.25, -0.2) is 0 Å². The number of ether oxygens (including phenoxy) is 1. The predicted octanol–water partition coefficient (Wildman–Crippen LogP) is 0.610. The van der Waals surface area contributed by atoms with Gasteiger partial charge >= 0.3 is 0 Å². The molecule has 0 heterocycles. The lowest BCUT2D eigenvalue weighted by Crippen LogP contribution is -2.43. The van der Waals surface area contributed by atoms with Crippen LogP contribution in [0.1, 0.15) is 19.8 Å². The number of hydrogen-bond acceptors (Lipinski definition) is 3. The summed E-state index contributed by atoms with van der Waals surface area (Å²) in [5.74, 6) is 0.943. The Hall–Kier alpha value is -0.120. The normalized spacial score (nSPS) is 27.2. The van der Waals surface area contributed by atoms with Crippen molar-refractivity contribution in [1.82, 2.24) is 10.6 Å². The molecule has 0 aliphatic heterocycles. The Morgan fingerprint density at radius 2 is 2.00 bits per heavy atom. The van der Waals surface area contributed by atoms with Gasteiger partial charge in [0.2, 0.25) is 0 Å². The molecule has 0 radical (unpaired) electrons. The fourth-order valence-electron chi connectivity index (χ4n) is 1.73. The van der Waals surface area contributed by atoms with Crippen molar-refractivity contribution in [3.63, 3.8) is 0 Å². The highest BCUT2D eigenvalue weighted by Gasteiger charge is 2.23. The van der Waals surface area contributed by atoms with Gasteiger partial charge in [-0.15, -0.1) is 0 Å². The molecule has 3 nitrogen and oxygen atoms in total. The fraction of sp³-hybridized carbons (Fsp3) is 1.00. The maximum Gasteiger partial charge on any atom is 0.0587 e. The van der Waals surface area contributed by atoms with E-state index in [9.17, 15) is 0 Å². The van der Waals surface area contributed by atoms with Crippen molar-refractivity contribution in [3.05, 3.63) is 0 Å². The summed E-state index contributed by atoms with van der Waals surface area (Å²) in [6, 6.07) is 0.791. The molecule has 0 unspecified atom stereocenters.